The second-order valence-corrected chi connectivity index (χ2v) is 6.16. The van der Waals surface area contributed by atoms with Gasteiger partial charge in [-0.25, -0.2) is 0 Å². The van der Waals surface area contributed by atoms with Crippen molar-refractivity contribution in [2.45, 2.75) is 38.6 Å². The van der Waals surface area contributed by atoms with Gasteiger partial charge in [0.1, 0.15) is 0 Å². The lowest BCUT2D eigenvalue weighted by atomic mass is 9.98. The lowest BCUT2D eigenvalue weighted by Gasteiger charge is -2.20. The average molecular weight is 310 g/mol. The second-order valence-electron chi connectivity index (χ2n) is 5.73. The molecule has 1 saturated carbocycles. The highest BCUT2D eigenvalue weighted by Crippen LogP contribution is 2.26. The summed E-state index contributed by atoms with van der Waals surface area (Å²) >= 11 is 5.93. The zero-order chi connectivity index (χ0) is 15.4. The van der Waals surface area contributed by atoms with Crippen molar-refractivity contribution in [3.63, 3.8) is 0 Å². The van der Waals surface area contributed by atoms with E-state index in [9.17, 15) is 9.59 Å². The zero-order valence-corrected chi connectivity index (χ0v) is 12.8. The van der Waals surface area contributed by atoms with Gasteiger partial charge in [-0.15, -0.1) is 0 Å². The lowest BCUT2D eigenvalue weighted by molar-refractivity contribution is -0.142. The lowest BCUT2D eigenvalue weighted by Crippen LogP contribution is -2.42. The monoisotopic (exact) mass is 309 g/mol. The first kappa shape index (κ1) is 15.8. The molecule has 5 heteroatoms. The molecule has 1 aromatic carbocycles. The number of aliphatic carboxylic acids is 1. The predicted molar refractivity (Wildman–Crippen MR) is 81.2 cm³/mol. The van der Waals surface area contributed by atoms with Gasteiger partial charge in [0, 0.05) is 17.0 Å². The van der Waals surface area contributed by atoms with E-state index in [2.05, 4.69) is 5.32 Å². The highest BCUT2D eigenvalue weighted by molar-refractivity contribution is 6.30. The molecule has 0 radical (unpaired) electrons. The minimum atomic E-state index is -0.819. The van der Waals surface area contributed by atoms with E-state index in [0.717, 1.165) is 18.4 Å². The van der Waals surface area contributed by atoms with Crippen molar-refractivity contribution in [2.24, 2.45) is 11.8 Å². The van der Waals surface area contributed by atoms with Crippen LogP contribution < -0.4 is 5.32 Å². The average Bonchev–Trinajstić information content (AvgIpc) is 2.87. The van der Waals surface area contributed by atoms with Crippen molar-refractivity contribution >= 4 is 23.5 Å². The molecule has 0 saturated heterocycles. The number of carbonyl (C=O) groups is 2. The number of carboxylic acids is 1. The van der Waals surface area contributed by atoms with E-state index in [1.165, 1.54) is 0 Å². The Bertz CT molecular complexity index is 532. The van der Waals surface area contributed by atoms with E-state index >= 15 is 0 Å². The Morgan fingerprint density at radius 2 is 2.19 bits per heavy atom. The Labute approximate surface area is 129 Å². The Kier molecular flexibility index (Phi) is 5.23. The number of hydrogen-bond donors (Lipinski definition) is 2. The van der Waals surface area contributed by atoms with Gasteiger partial charge in [0.15, 0.2) is 0 Å². The van der Waals surface area contributed by atoms with Crippen molar-refractivity contribution in [3.05, 3.63) is 34.9 Å². The molecule has 2 N–H and O–H groups in total. The fourth-order valence-corrected chi connectivity index (χ4v) is 3.08. The van der Waals surface area contributed by atoms with Crippen molar-refractivity contribution in [1.29, 1.82) is 0 Å². The van der Waals surface area contributed by atoms with Crippen molar-refractivity contribution in [2.75, 3.05) is 0 Å². The summed E-state index contributed by atoms with van der Waals surface area (Å²) in [4.78, 5) is 23.3. The molecule has 0 aliphatic heterocycles. The fourth-order valence-electron chi connectivity index (χ4n) is 2.86. The number of carbonyl (C=O) groups excluding carboxylic acids is 1. The summed E-state index contributed by atoms with van der Waals surface area (Å²) in [7, 11) is 0. The van der Waals surface area contributed by atoms with Crippen LogP contribution in [0.3, 0.4) is 0 Å². The molecule has 1 aromatic rings. The topological polar surface area (TPSA) is 66.4 Å². The number of rotatable bonds is 5. The number of benzene rings is 1. The molecule has 1 amide bonds. The van der Waals surface area contributed by atoms with Gasteiger partial charge < -0.3 is 10.4 Å². The molecule has 2 rings (SSSR count). The highest BCUT2D eigenvalue weighted by Gasteiger charge is 2.34. The van der Waals surface area contributed by atoms with Crippen molar-refractivity contribution < 1.29 is 14.7 Å². The molecule has 0 spiro atoms. The first-order valence-corrected chi connectivity index (χ1v) is 7.63. The number of amides is 1. The number of nitrogens with one attached hydrogen (secondary N) is 1. The van der Waals surface area contributed by atoms with Crippen molar-refractivity contribution in [3.8, 4) is 0 Å². The number of carboxylic acid groups (broad SMARTS) is 1. The van der Waals surface area contributed by atoms with Gasteiger partial charge in [-0.05, 0) is 37.0 Å². The summed E-state index contributed by atoms with van der Waals surface area (Å²) < 4.78 is 0. The molecule has 0 bridgehead atoms. The van der Waals surface area contributed by atoms with Crippen molar-refractivity contribution in [1.82, 2.24) is 5.32 Å². The van der Waals surface area contributed by atoms with Gasteiger partial charge in [0.05, 0.1) is 5.92 Å². The van der Waals surface area contributed by atoms with E-state index in [-0.39, 0.29) is 17.9 Å². The third-order valence-corrected chi connectivity index (χ3v) is 4.27. The molecule has 4 nitrogen and oxygen atoms in total. The minimum absolute atomic E-state index is 0.0897. The summed E-state index contributed by atoms with van der Waals surface area (Å²) in [6, 6.07) is 7.20. The van der Waals surface area contributed by atoms with E-state index in [1.54, 1.807) is 6.07 Å². The standard InChI is InChI=1S/C16H20ClNO3/c1-10(8-11-4-2-5-12(17)9-11)15(19)18-14-7-3-6-13(14)16(20)21/h2,4-5,9-10,13-14H,3,6-8H2,1H3,(H,18,19)(H,20,21)/t10?,13-,14+/m0/s1. The Morgan fingerprint density at radius 1 is 1.43 bits per heavy atom. The summed E-state index contributed by atoms with van der Waals surface area (Å²) in [5.41, 5.74) is 1.01. The van der Waals surface area contributed by atoms with E-state index in [0.29, 0.717) is 17.9 Å². The quantitative estimate of drug-likeness (QED) is 0.879. The smallest absolute Gasteiger partial charge is 0.308 e. The van der Waals surface area contributed by atoms with Crippen LogP contribution in [0.5, 0.6) is 0 Å². The molecule has 21 heavy (non-hydrogen) atoms. The predicted octanol–water partition coefficient (Wildman–Crippen LogP) is 2.89. The first-order chi connectivity index (χ1) is 9.97. The molecule has 1 aliphatic rings. The van der Waals surface area contributed by atoms with Crippen LogP contribution in [0, 0.1) is 11.8 Å². The SMILES string of the molecule is CC(Cc1cccc(Cl)c1)C(=O)N[C@@H]1CCC[C@@H]1C(=O)O. The zero-order valence-electron chi connectivity index (χ0n) is 12.0. The van der Waals surface area contributed by atoms with E-state index < -0.39 is 11.9 Å². The van der Waals surface area contributed by atoms with Crippen LogP contribution in [0.25, 0.3) is 0 Å². The molecule has 0 heterocycles. The van der Waals surface area contributed by atoms with E-state index in [1.807, 2.05) is 25.1 Å². The van der Waals surface area contributed by atoms with Gasteiger partial charge in [-0.3, -0.25) is 9.59 Å². The molecular weight excluding hydrogens is 290 g/mol. The summed E-state index contributed by atoms with van der Waals surface area (Å²) in [6.07, 6.45) is 2.83. The summed E-state index contributed by atoms with van der Waals surface area (Å²) in [5, 5.41) is 12.7. The summed E-state index contributed by atoms with van der Waals surface area (Å²) in [5.74, 6) is -1.57. The molecule has 3 atom stereocenters. The van der Waals surface area contributed by atoms with Crippen LogP contribution >= 0.6 is 11.6 Å². The van der Waals surface area contributed by atoms with Crippen LogP contribution in [0.15, 0.2) is 24.3 Å². The van der Waals surface area contributed by atoms with Crippen LogP contribution in [0.2, 0.25) is 5.02 Å². The Balaban J connectivity index is 1.92. The van der Waals surface area contributed by atoms with Crippen LogP contribution in [-0.2, 0) is 16.0 Å². The normalized spacial score (nSPS) is 22.8. The van der Waals surface area contributed by atoms with Gasteiger partial charge in [0.25, 0.3) is 0 Å². The molecule has 1 unspecified atom stereocenters. The van der Waals surface area contributed by atoms with Crippen LogP contribution in [-0.4, -0.2) is 23.0 Å². The molecule has 114 valence electrons. The molecule has 1 aliphatic carbocycles. The largest absolute Gasteiger partial charge is 0.481 e. The Morgan fingerprint density at radius 3 is 2.86 bits per heavy atom. The molecular formula is C16H20ClNO3. The maximum Gasteiger partial charge on any atom is 0.308 e. The highest BCUT2D eigenvalue weighted by atomic mass is 35.5. The van der Waals surface area contributed by atoms with Gasteiger partial charge in [-0.1, -0.05) is 37.1 Å². The number of hydrogen-bond acceptors (Lipinski definition) is 2. The van der Waals surface area contributed by atoms with Crippen LogP contribution in [0.1, 0.15) is 31.7 Å². The minimum Gasteiger partial charge on any atom is -0.481 e. The third kappa shape index (κ3) is 4.21. The van der Waals surface area contributed by atoms with Gasteiger partial charge in [-0.2, -0.15) is 0 Å². The first-order valence-electron chi connectivity index (χ1n) is 7.25. The third-order valence-electron chi connectivity index (χ3n) is 4.04. The second kappa shape index (κ2) is 6.94. The number of halogens is 1. The summed E-state index contributed by atoms with van der Waals surface area (Å²) in [6.45, 7) is 1.85. The van der Waals surface area contributed by atoms with E-state index in [4.69, 9.17) is 16.7 Å². The maximum absolute atomic E-state index is 12.2. The van der Waals surface area contributed by atoms with Gasteiger partial charge >= 0.3 is 5.97 Å². The maximum atomic E-state index is 12.2. The fraction of sp³-hybridized carbons (Fsp3) is 0.500. The molecule has 0 aromatic heterocycles. The van der Waals surface area contributed by atoms with Gasteiger partial charge in [0.2, 0.25) is 5.91 Å². The van der Waals surface area contributed by atoms with Crippen LogP contribution in [0.4, 0.5) is 0 Å². The molecule has 1 fully saturated rings. The Hall–Kier alpha value is -1.55.